The Morgan fingerprint density at radius 1 is 0.536 bits per heavy atom. The molecule has 0 bridgehead atoms. The summed E-state index contributed by atoms with van der Waals surface area (Å²) >= 11 is 0. The van der Waals surface area contributed by atoms with Crippen LogP contribution in [0.25, 0.3) is 0 Å². The average molecular weight is 393 g/mol. The molecule has 1 atom stereocenters. The standard InChI is InChI=1S/C26H52N2/c1-4-6-8-9-10-11-12-13-14-15-16-17-18-19-20-21-23-28-25-24-27(3)26(28)22-7-5-2/h24-26H,4-23H2,1-3H3. The molecule has 0 aromatic heterocycles. The molecule has 28 heavy (non-hydrogen) atoms. The van der Waals surface area contributed by atoms with Gasteiger partial charge in [0.1, 0.15) is 6.17 Å². The van der Waals surface area contributed by atoms with Crippen LogP contribution in [-0.2, 0) is 0 Å². The second-order valence-corrected chi connectivity index (χ2v) is 9.13. The van der Waals surface area contributed by atoms with Gasteiger partial charge in [0.15, 0.2) is 0 Å². The third-order valence-corrected chi connectivity index (χ3v) is 6.43. The molecule has 0 fully saturated rings. The van der Waals surface area contributed by atoms with Crippen molar-refractivity contribution in [2.45, 2.75) is 142 Å². The molecule has 0 saturated carbocycles. The van der Waals surface area contributed by atoms with Crippen molar-refractivity contribution < 1.29 is 0 Å². The van der Waals surface area contributed by atoms with Gasteiger partial charge in [0.2, 0.25) is 0 Å². The average Bonchev–Trinajstić information content (AvgIpc) is 3.05. The van der Waals surface area contributed by atoms with Gasteiger partial charge in [0, 0.05) is 26.0 Å². The van der Waals surface area contributed by atoms with Crippen LogP contribution in [0.5, 0.6) is 0 Å². The normalized spacial score (nSPS) is 16.5. The first-order chi connectivity index (χ1) is 13.8. The monoisotopic (exact) mass is 392 g/mol. The maximum absolute atomic E-state index is 2.57. The van der Waals surface area contributed by atoms with E-state index in [0.717, 1.165) is 0 Å². The van der Waals surface area contributed by atoms with E-state index in [4.69, 9.17) is 0 Å². The van der Waals surface area contributed by atoms with Gasteiger partial charge in [-0.1, -0.05) is 117 Å². The first-order valence-corrected chi connectivity index (χ1v) is 13.0. The molecule has 1 heterocycles. The Kier molecular flexibility index (Phi) is 16.7. The third kappa shape index (κ3) is 12.7. The molecule has 166 valence electrons. The molecule has 0 aliphatic carbocycles. The zero-order chi connectivity index (χ0) is 20.3. The van der Waals surface area contributed by atoms with E-state index in [9.17, 15) is 0 Å². The molecule has 2 nitrogen and oxygen atoms in total. The SMILES string of the molecule is CCCCCCCCCCCCCCCCCCN1C=CN(C)C1CCCC. The van der Waals surface area contributed by atoms with Crippen LogP contribution in [0.4, 0.5) is 0 Å². The van der Waals surface area contributed by atoms with Crippen molar-refractivity contribution in [1.82, 2.24) is 9.80 Å². The van der Waals surface area contributed by atoms with Crippen LogP contribution in [0, 0.1) is 0 Å². The van der Waals surface area contributed by atoms with Crippen LogP contribution in [0.15, 0.2) is 12.4 Å². The predicted molar refractivity (Wildman–Crippen MR) is 126 cm³/mol. The summed E-state index contributed by atoms with van der Waals surface area (Å²) in [6.45, 7) is 5.84. The van der Waals surface area contributed by atoms with Crippen molar-refractivity contribution in [3.63, 3.8) is 0 Å². The van der Waals surface area contributed by atoms with E-state index in [1.165, 1.54) is 129 Å². The lowest BCUT2D eigenvalue weighted by molar-refractivity contribution is 0.160. The molecule has 0 radical (unpaired) electrons. The van der Waals surface area contributed by atoms with Crippen LogP contribution in [0.2, 0.25) is 0 Å². The zero-order valence-corrected chi connectivity index (χ0v) is 19.8. The fourth-order valence-electron chi connectivity index (χ4n) is 4.45. The lowest BCUT2D eigenvalue weighted by Gasteiger charge is -2.30. The fourth-order valence-corrected chi connectivity index (χ4v) is 4.45. The van der Waals surface area contributed by atoms with Gasteiger partial charge >= 0.3 is 0 Å². The Morgan fingerprint density at radius 2 is 0.964 bits per heavy atom. The van der Waals surface area contributed by atoms with Gasteiger partial charge in [-0.2, -0.15) is 0 Å². The Hall–Kier alpha value is -0.660. The Balaban J connectivity index is 1.81. The summed E-state index contributed by atoms with van der Waals surface area (Å²) in [4.78, 5) is 4.96. The highest BCUT2D eigenvalue weighted by molar-refractivity contribution is 4.95. The number of hydrogen-bond acceptors (Lipinski definition) is 2. The first kappa shape index (κ1) is 25.4. The van der Waals surface area contributed by atoms with Crippen molar-refractivity contribution in [1.29, 1.82) is 0 Å². The number of nitrogens with zero attached hydrogens (tertiary/aromatic N) is 2. The minimum absolute atomic E-state index is 0.622. The van der Waals surface area contributed by atoms with Gasteiger partial charge in [0.05, 0.1) is 0 Å². The van der Waals surface area contributed by atoms with Crippen molar-refractivity contribution in [2.75, 3.05) is 13.6 Å². The van der Waals surface area contributed by atoms with Crippen LogP contribution in [0.1, 0.15) is 136 Å². The van der Waals surface area contributed by atoms with E-state index in [1.807, 2.05) is 0 Å². The highest BCUT2D eigenvalue weighted by Crippen LogP contribution is 2.20. The van der Waals surface area contributed by atoms with Gasteiger partial charge in [0.25, 0.3) is 0 Å². The van der Waals surface area contributed by atoms with Gasteiger partial charge in [-0.05, 0) is 19.3 Å². The second-order valence-electron chi connectivity index (χ2n) is 9.13. The van der Waals surface area contributed by atoms with Crippen molar-refractivity contribution >= 4 is 0 Å². The van der Waals surface area contributed by atoms with Gasteiger partial charge in [-0.3, -0.25) is 0 Å². The number of rotatable bonds is 20. The molecule has 0 aromatic carbocycles. The molecular formula is C26H52N2. The smallest absolute Gasteiger partial charge is 0.100 e. The van der Waals surface area contributed by atoms with E-state index in [1.54, 1.807) is 0 Å². The quantitative estimate of drug-likeness (QED) is 0.192. The Morgan fingerprint density at radius 3 is 1.43 bits per heavy atom. The van der Waals surface area contributed by atoms with Crippen LogP contribution < -0.4 is 0 Å². The molecule has 1 aliphatic rings. The summed E-state index contributed by atoms with van der Waals surface area (Å²) in [6.07, 6.45) is 32.3. The number of hydrogen-bond donors (Lipinski definition) is 0. The van der Waals surface area contributed by atoms with E-state index in [-0.39, 0.29) is 0 Å². The number of unbranched alkanes of at least 4 members (excludes halogenated alkanes) is 16. The third-order valence-electron chi connectivity index (χ3n) is 6.43. The Labute approximate surface area is 178 Å². The van der Waals surface area contributed by atoms with Crippen LogP contribution in [0.3, 0.4) is 0 Å². The van der Waals surface area contributed by atoms with E-state index < -0.39 is 0 Å². The summed E-state index contributed by atoms with van der Waals surface area (Å²) in [5.41, 5.74) is 0. The molecule has 1 unspecified atom stereocenters. The zero-order valence-electron chi connectivity index (χ0n) is 19.8. The molecule has 0 amide bonds. The maximum atomic E-state index is 2.57. The first-order valence-electron chi connectivity index (χ1n) is 13.0. The predicted octanol–water partition coefficient (Wildman–Crippen LogP) is 8.48. The molecule has 0 aromatic rings. The molecule has 2 heteroatoms. The summed E-state index contributed by atoms with van der Waals surface area (Å²) in [5.74, 6) is 0. The molecule has 1 aliphatic heterocycles. The highest BCUT2D eigenvalue weighted by Gasteiger charge is 2.21. The minimum atomic E-state index is 0.622. The van der Waals surface area contributed by atoms with Gasteiger partial charge in [-0.25, -0.2) is 0 Å². The maximum Gasteiger partial charge on any atom is 0.100 e. The van der Waals surface area contributed by atoms with Crippen molar-refractivity contribution in [3.8, 4) is 0 Å². The molecular weight excluding hydrogens is 340 g/mol. The van der Waals surface area contributed by atoms with Crippen LogP contribution in [-0.4, -0.2) is 29.6 Å². The summed E-state index contributed by atoms with van der Waals surface area (Å²) < 4.78 is 0. The van der Waals surface area contributed by atoms with Crippen LogP contribution >= 0.6 is 0 Å². The summed E-state index contributed by atoms with van der Waals surface area (Å²) in [6, 6.07) is 0. The molecule has 0 saturated heterocycles. The van der Waals surface area contributed by atoms with Crippen molar-refractivity contribution in [2.24, 2.45) is 0 Å². The molecule has 1 rings (SSSR count). The minimum Gasteiger partial charge on any atom is -0.359 e. The van der Waals surface area contributed by atoms with E-state index in [2.05, 4.69) is 43.1 Å². The largest absolute Gasteiger partial charge is 0.359 e. The fraction of sp³-hybridized carbons (Fsp3) is 0.923. The Bertz CT molecular complexity index is 352. The topological polar surface area (TPSA) is 6.48 Å². The summed E-state index contributed by atoms with van der Waals surface area (Å²) in [7, 11) is 2.23. The molecule has 0 spiro atoms. The lowest BCUT2D eigenvalue weighted by atomic mass is 10.0. The van der Waals surface area contributed by atoms with E-state index in [0.29, 0.717) is 6.17 Å². The van der Waals surface area contributed by atoms with Gasteiger partial charge < -0.3 is 9.80 Å². The van der Waals surface area contributed by atoms with Crippen molar-refractivity contribution in [3.05, 3.63) is 12.4 Å². The second kappa shape index (κ2) is 18.4. The molecule has 0 N–H and O–H groups in total. The van der Waals surface area contributed by atoms with Gasteiger partial charge in [-0.15, -0.1) is 0 Å². The summed E-state index contributed by atoms with van der Waals surface area (Å²) in [5, 5.41) is 0. The lowest BCUT2D eigenvalue weighted by Crippen LogP contribution is -2.36. The highest BCUT2D eigenvalue weighted by atomic mass is 15.4. The van der Waals surface area contributed by atoms with E-state index >= 15 is 0 Å².